The summed E-state index contributed by atoms with van der Waals surface area (Å²) < 4.78 is 6.28. The molecule has 0 amide bonds. The molecule has 2 N–H and O–H groups in total. The number of aromatic nitrogens is 1. The van der Waals surface area contributed by atoms with Crippen molar-refractivity contribution in [2.75, 3.05) is 18.5 Å². The lowest BCUT2D eigenvalue weighted by Crippen LogP contribution is -2.17. The number of carboxylic acids is 1. The van der Waals surface area contributed by atoms with E-state index in [0.29, 0.717) is 23.9 Å². The smallest absolute Gasteiger partial charge is 0.303 e. The predicted octanol–water partition coefficient (Wildman–Crippen LogP) is 8.28. The Morgan fingerprint density at radius 1 is 1.18 bits per heavy atom. The first-order valence-corrected chi connectivity index (χ1v) is 14.8. The summed E-state index contributed by atoms with van der Waals surface area (Å²) in [5, 5.41) is 13.1. The zero-order valence-electron chi connectivity index (χ0n) is 24.4. The molecule has 2 unspecified atom stereocenters. The van der Waals surface area contributed by atoms with E-state index in [1.54, 1.807) is 0 Å². The van der Waals surface area contributed by atoms with Crippen LogP contribution in [0.2, 0.25) is 0 Å². The number of nitrogens with one attached hydrogen (secondary N) is 1. The molecule has 2 aromatic rings. The Kier molecular flexibility index (Phi) is 11.5. The Balaban J connectivity index is 1.56. The fourth-order valence-electron chi connectivity index (χ4n) is 5.32. The lowest BCUT2D eigenvalue weighted by atomic mass is 9.89. The number of hydrogen-bond donors (Lipinski definition) is 2. The van der Waals surface area contributed by atoms with Gasteiger partial charge >= 0.3 is 5.97 Å². The summed E-state index contributed by atoms with van der Waals surface area (Å²) in [6.07, 6.45) is 12.2. The van der Waals surface area contributed by atoms with Crippen LogP contribution >= 0.6 is 0 Å². The molecule has 0 saturated heterocycles. The summed E-state index contributed by atoms with van der Waals surface area (Å²) in [6, 6.07) is 10.4. The summed E-state index contributed by atoms with van der Waals surface area (Å²) in [5.74, 6) is 1.20. The summed E-state index contributed by atoms with van der Waals surface area (Å²) in [7, 11) is 0. The monoisotopic (exact) mass is 522 g/mol. The van der Waals surface area contributed by atoms with Crippen molar-refractivity contribution in [1.82, 2.24) is 4.98 Å². The van der Waals surface area contributed by atoms with Crippen molar-refractivity contribution in [3.8, 4) is 5.75 Å². The van der Waals surface area contributed by atoms with Crippen molar-refractivity contribution in [1.29, 1.82) is 0 Å². The van der Waals surface area contributed by atoms with Gasteiger partial charge in [0.15, 0.2) is 0 Å². The van der Waals surface area contributed by atoms with Crippen LogP contribution in [0.5, 0.6) is 5.75 Å². The molecule has 0 bridgehead atoms. The normalized spacial score (nSPS) is 15.2. The van der Waals surface area contributed by atoms with E-state index in [0.717, 1.165) is 68.5 Å². The van der Waals surface area contributed by atoms with Gasteiger partial charge in [0.2, 0.25) is 0 Å². The topological polar surface area (TPSA) is 71.5 Å². The minimum absolute atomic E-state index is 0.0951. The molecule has 0 spiro atoms. The van der Waals surface area contributed by atoms with Gasteiger partial charge in [-0.15, -0.1) is 0 Å². The molecule has 1 aromatic carbocycles. The number of carboxylic acid groups (broad SMARTS) is 1. The fourth-order valence-corrected chi connectivity index (χ4v) is 5.32. The molecule has 3 rings (SSSR count). The van der Waals surface area contributed by atoms with Crippen molar-refractivity contribution in [2.45, 2.75) is 105 Å². The van der Waals surface area contributed by atoms with Crippen LogP contribution in [0.1, 0.15) is 109 Å². The van der Waals surface area contributed by atoms with Gasteiger partial charge in [-0.25, -0.2) is 0 Å². The fraction of sp³-hybridized carbons (Fsp3) is 0.636. The minimum Gasteiger partial charge on any atom is -0.493 e. The number of nitrogens with zero attached hydrogens (tertiary/aromatic N) is 1. The molecule has 1 aliphatic rings. The predicted molar refractivity (Wildman–Crippen MR) is 157 cm³/mol. The van der Waals surface area contributed by atoms with E-state index in [2.05, 4.69) is 69.3 Å². The number of aliphatic carboxylic acids is 1. The van der Waals surface area contributed by atoms with Crippen LogP contribution < -0.4 is 10.1 Å². The summed E-state index contributed by atoms with van der Waals surface area (Å²) >= 11 is 0. The van der Waals surface area contributed by atoms with Crippen LogP contribution in [0.25, 0.3) is 0 Å². The Morgan fingerprint density at radius 2 is 1.97 bits per heavy atom. The third-order valence-electron chi connectivity index (χ3n) is 7.70. The molecule has 5 nitrogen and oxygen atoms in total. The van der Waals surface area contributed by atoms with Gasteiger partial charge in [0.25, 0.3) is 0 Å². The van der Waals surface area contributed by atoms with E-state index in [-0.39, 0.29) is 12.3 Å². The lowest BCUT2D eigenvalue weighted by molar-refractivity contribution is -0.137. The van der Waals surface area contributed by atoms with E-state index in [1.165, 1.54) is 24.1 Å². The molecule has 1 heterocycles. The molecular formula is C33H50N2O3. The highest BCUT2D eigenvalue weighted by atomic mass is 16.5. The molecular weight excluding hydrogens is 472 g/mol. The summed E-state index contributed by atoms with van der Waals surface area (Å²) in [6.45, 7) is 12.9. The van der Waals surface area contributed by atoms with Crippen LogP contribution in [0, 0.1) is 17.3 Å². The Morgan fingerprint density at radius 3 is 2.63 bits per heavy atom. The number of benzene rings is 1. The van der Waals surface area contributed by atoms with E-state index >= 15 is 0 Å². The maximum Gasteiger partial charge on any atom is 0.303 e. The number of hydrogen-bond acceptors (Lipinski definition) is 4. The summed E-state index contributed by atoms with van der Waals surface area (Å²) in [4.78, 5) is 16.1. The lowest BCUT2D eigenvalue weighted by Gasteiger charge is -2.21. The maximum absolute atomic E-state index is 11.4. The first kappa shape index (κ1) is 30.0. The van der Waals surface area contributed by atoms with Crippen molar-refractivity contribution < 1.29 is 14.6 Å². The zero-order valence-corrected chi connectivity index (χ0v) is 24.4. The molecule has 1 saturated carbocycles. The van der Waals surface area contributed by atoms with Gasteiger partial charge in [-0.1, -0.05) is 53.2 Å². The molecule has 210 valence electrons. The van der Waals surface area contributed by atoms with E-state index in [1.807, 2.05) is 12.1 Å². The molecule has 1 aromatic heterocycles. The van der Waals surface area contributed by atoms with Crippen molar-refractivity contribution >= 4 is 11.7 Å². The highest BCUT2D eigenvalue weighted by molar-refractivity contribution is 5.68. The number of pyridine rings is 1. The average Bonchev–Trinajstić information content (AvgIpc) is 3.71. The third kappa shape index (κ3) is 10.3. The number of carbonyl (C=O) groups is 1. The first-order chi connectivity index (χ1) is 18.2. The van der Waals surface area contributed by atoms with Gasteiger partial charge in [0.05, 0.1) is 13.0 Å². The van der Waals surface area contributed by atoms with Gasteiger partial charge in [-0.2, -0.15) is 0 Å². The van der Waals surface area contributed by atoms with Crippen molar-refractivity contribution in [3.05, 3.63) is 53.3 Å². The maximum atomic E-state index is 11.4. The first-order valence-electron chi connectivity index (χ1n) is 14.8. The molecule has 2 atom stereocenters. The quantitative estimate of drug-likeness (QED) is 0.219. The van der Waals surface area contributed by atoms with Crippen LogP contribution in [0.3, 0.4) is 0 Å². The Bertz CT molecular complexity index is 1010. The minimum atomic E-state index is -0.721. The van der Waals surface area contributed by atoms with Crippen LogP contribution in [0.4, 0.5) is 5.69 Å². The number of aryl methyl sites for hydroxylation is 2. The number of rotatable bonds is 17. The van der Waals surface area contributed by atoms with E-state index in [9.17, 15) is 9.90 Å². The van der Waals surface area contributed by atoms with Crippen molar-refractivity contribution in [3.63, 3.8) is 0 Å². The van der Waals surface area contributed by atoms with Crippen LogP contribution in [0.15, 0.2) is 36.5 Å². The third-order valence-corrected chi connectivity index (χ3v) is 7.70. The molecule has 1 fully saturated rings. The van der Waals surface area contributed by atoms with Gasteiger partial charge in [0.1, 0.15) is 5.75 Å². The molecule has 1 aliphatic carbocycles. The second kappa shape index (κ2) is 14.6. The molecule has 5 heteroatoms. The second-order valence-corrected chi connectivity index (χ2v) is 12.4. The zero-order chi connectivity index (χ0) is 27.5. The van der Waals surface area contributed by atoms with E-state index < -0.39 is 5.97 Å². The van der Waals surface area contributed by atoms with Crippen molar-refractivity contribution in [2.24, 2.45) is 17.3 Å². The standard InChI is InChI=1S/C33H50N2O3/c1-6-10-24(23-38-29-13-8-11-26(19-29)30(21-32(36)37)25-14-15-25)16-18-34-31-20-28(7-2)35-22-27(31)12-9-17-33(3,4)5/h8,11,13,19-20,22,24-25,30H,6-7,9-10,12,14-18,21,23H2,1-5H3,(H,34,35)(H,36,37). The van der Waals surface area contributed by atoms with Gasteiger partial charge in [-0.05, 0) is 104 Å². The largest absolute Gasteiger partial charge is 0.493 e. The van der Waals surface area contributed by atoms with Gasteiger partial charge in [0, 0.05) is 24.1 Å². The van der Waals surface area contributed by atoms with Crippen LogP contribution in [-0.2, 0) is 17.6 Å². The second-order valence-electron chi connectivity index (χ2n) is 12.4. The molecule has 0 aliphatic heterocycles. The highest BCUT2D eigenvalue weighted by Crippen LogP contribution is 2.45. The number of anilines is 1. The number of ether oxygens (including phenoxy) is 1. The molecule has 0 radical (unpaired) electrons. The van der Waals surface area contributed by atoms with E-state index in [4.69, 9.17) is 4.74 Å². The Hall–Kier alpha value is -2.56. The highest BCUT2D eigenvalue weighted by Gasteiger charge is 2.33. The van der Waals surface area contributed by atoms with Gasteiger partial charge in [-0.3, -0.25) is 9.78 Å². The van der Waals surface area contributed by atoms with Crippen LogP contribution in [-0.4, -0.2) is 29.2 Å². The average molecular weight is 523 g/mol. The van der Waals surface area contributed by atoms with Gasteiger partial charge < -0.3 is 15.2 Å². The Labute approximate surface area is 230 Å². The SMILES string of the molecule is CCCC(CCNc1cc(CC)ncc1CCCC(C)(C)C)COc1cccc(C(CC(=O)O)C2CC2)c1. The summed E-state index contributed by atoms with van der Waals surface area (Å²) in [5.41, 5.74) is 5.14. The molecule has 38 heavy (non-hydrogen) atoms.